The summed E-state index contributed by atoms with van der Waals surface area (Å²) in [5, 5.41) is 13.7. The highest BCUT2D eigenvalue weighted by Crippen LogP contribution is 2.19. The van der Waals surface area contributed by atoms with Crippen LogP contribution in [0.1, 0.15) is 24.2 Å². The van der Waals surface area contributed by atoms with E-state index in [1.807, 2.05) is 0 Å². The van der Waals surface area contributed by atoms with E-state index in [-0.39, 0.29) is 10.8 Å². The molecule has 0 bridgehead atoms. The summed E-state index contributed by atoms with van der Waals surface area (Å²) in [6.45, 7) is 4.38. The molecular weight excluding hydrogens is 380 g/mol. The van der Waals surface area contributed by atoms with Crippen LogP contribution >= 0.6 is 0 Å². The Bertz CT molecular complexity index is 1050. The third kappa shape index (κ3) is 4.07. The molecule has 146 valence electrons. The van der Waals surface area contributed by atoms with Gasteiger partial charge in [0.15, 0.2) is 0 Å². The van der Waals surface area contributed by atoms with Gasteiger partial charge in [-0.2, -0.15) is 4.31 Å². The predicted molar refractivity (Wildman–Crippen MR) is 104 cm³/mol. The average molecular weight is 400 g/mol. The summed E-state index contributed by atoms with van der Waals surface area (Å²) in [5.41, 5.74) is 1.57. The second-order valence-electron chi connectivity index (χ2n) is 5.87. The van der Waals surface area contributed by atoms with Crippen LogP contribution in [0.5, 0.6) is 0 Å². The molecule has 0 spiro atoms. The third-order valence-electron chi connectivity index (χ3n) is 4.18. The van der Waals surface area contributed by atoms with Crippen LogP contribution in [0.15, 0.2) is 59.8 Å². The molecule has 0 aliphatic heterocycles. The van der Waals surface area contributed by atoms with Crippen molar-refractivity contribution in [3.05, 3.63) is 60.4 Å². The van der Waals surface area contributed by atoms with Crippen molar-refractivity contribution in [1.82, 2.24) is 24.5 Å². The van der Waals surface area contributed by atoms with Crippen LogP contribution in [0.2, 0.25) is 0 Å². The summed E-state index contributed by atoms with van der Waals surface area (Å²) in [6, 6.07) is 12.9. The van der Waals surface area contributed by atoms with Gasteiger partial charge in [-0.15, -0.1) is 5.10 Å². The predicted octanol–water partition coefficient (Wildman–Crippen LogP) is 1.95. The Morgan fingerprint density at radius 3 is 2.43 bits per heavy atom. The number of aromatic nitrogens is 4. The molecule has 1 N–H and O–H groups in total. The van der Waals surface area contributed by atoms with Gasteiger partial charge in [-0.25, -0.2) is 13.1 Å². The summed E-state index contributed by atoms with van der Waals surface area (Å²) >= 11 is 0. The van der Waals surface area contributed by atoms with E-state index in [9.17, 15) is 13.2 Å². The van der Waals surface area contributed by atoms with Gasteiger partial charge in [-0.3, -0.25) is 4.79 Å². The van der Waals surface area contributed by atoms with Gasteiger partial charge in [0.1, 0.15) is 6.33 Å². The van der Waals surface area contributed by atoms with Crippen molar-refractivity contribution >= 4 is 21.6 Å². The van der Waals surface area contributed by atoms with E-state index in [4.69, 9.17) is 0 Å². The van der Waals surface area contributed by atoms with Crippen molar-refractivity contribution in [2.24, 2.45) is 0 Å². The van der Waals surface area contributed by atoms with E-state index in [1.54, 1.807) is 50.2 Å². The Kier molecular flexibility index (Phi) is 5.81. The highest BCUT2D eigenvalue weighted by Gasteiger charge is 2.21. The smallest absolute Gasteiger partial charge is 0.255 e. The molecule has 9 nitrogen and oxygen atoms in total. The van der Waals surface area contributed by atoms with Crippen molar-refractivity contribution < 1.29 is 13.2 Å². The minimum atomic E-state index is -3.53. The van der Waals surface area contributed by atoms with Gasteiger partial charge in [0, 0.05) is 24.3 Å². The van der Waals surface area contributed by atoms with E-state index in [0.29, 0.717) is 30.0 Å². The molecule has 3 rings (SSSR count). The minimum Gasteiger partial charge on any atom is -0.322 e. The normalized spacial score (nSPS) is 11.5. The quantitative estimate of drug-likeness (QED) is 0.649. The zero-order valence-electron chi connectivity index (χ0n) is 15.5. The van der Waals surface area contributed by atoms with Crippen molar-refractivity contribution in [3.8, 4) is 5.69 Å². The molecule has 0 fully saturated rings. The van der Waals surface area contributed by atoms with Gasteiger partial charge >= 0.3 is 0 Å². The van der Waals surface area contributed by atoms with Crippen LogP contribution in [0.4, 0.5) is 5.69 Å². The topological polar surface area (TPSA) is 110 Å². The summed E-state index contributed by atoms with van der Waals surface area (Å²) in [5.74, 6) is -0.325. The van der Waals surface area contributed by atoms with Crippen LogP contribution in [-0.2, 0) is 10.0 Å². The van der Waals surface area contributed by atoms with Gasteiger partial charge in [0.05, 0.1) is 10.6 Å². The summed E-state index contributed by atoms with van der Waals surface area (Å²) in [7, 11) is -3.53. The van der Waals surface area contributed by atoms with Crippen molar-refractivity contribution in [3.63, 3.8) is 0 Å². The summed E-state index contributed by atoms with van der Waals surface area (Å²) < 4.78 is 27.9. The molecule has 0 unspecified atom stereocenters. The number of carbonyl (C=O) groups is 1. The first-order valence-electron chi connectivity index (χ1n) is 8.70. The Labute approximate surface area is 163 Å². The number of carbonyl (C=O) groups excluding carboxylic acids is 1. The lowest BCUT2D eigenvalue weighted by Crippen LogP contribution is -2.30. The van der Waals surface area contributed by atoms with Gasteiger partial charge < -0.3 is 5.32 Å². The highest BCUT2D eigenvalue weighted by atomic mass is 32.2. The number of hydrogen-bond acceptors (Lipinski definition) is 6. The fourth-order valence-corrected chi connectivity index (χ4v) is 4.15. The molecule has 28 heavy (non-hydrogen) atoms. The first-order chi connectivity index (χ1) is 13.5. The number of sulfonamides is 1. The number of rotatable bonds is 7. The van der Waals surface area contributed by atoms with Crippen molar-refractivity contribution in [1.29, 1.82) is 0 Å². The summed E-state index contributed by atoms with van der Waals surface area (Å²) in [4.78, 5) is 12.7. The largest absolute Gasteiger partial charge is 0.322 e. The van der Waals surface area contributed by atoms with Crippen LogP contribution in [0.25, 0.3) is 5.69 Å². The van der Waals surface area contributed by atoms with E-state index >= 15 is 0 Å². The Morgan fingerprint density at radius 2 is 1.82 bits per heavy atom. The molecule has 10 heteroatoms. The average Bonchev–Trinajstić information content (AvgIpc) is 3.24. The molecule has 0 saturated carbocycles. The standard InChI is InChI=1S/C18H20N6O3S/c1-3-23(4-2)28(26,27)17-10-8-15(9-11-17)20-18(25)14-6-5-7-16(12-14)24-13-19-21-22-24/h5-13H,3-4H2,1-2H3,(H,20,25). The molecule has 0 aliphatic carbocycles. The molecule has 2 aromatic carbocycles. The van der Waals surface area contributed by atoms with E-state index in [1.165, 1.54) is 27.4 Å². The lowest BCUT2D eigenvalue weighted by atomic mass is 10.2. The third-order valence-corrected chi connectivity index (χ3v) is 6.24. The second kappa shape index (κ2) is 8.28. The molecule has 1 amide bonds. The second-order valence-corrected chi connectivity index (χ2v) is 7.81. The maximum absolute atomic E-state index is 12.5. The molecule has 3 aromatic rings. The van der Waals surface area contributed by atoms with Crippen molar-refractivity contribution in [2.45, 2.75) is 18.7 Å². The Hall–Kier alpha value is -3.11. The molecule has 0 aliphatic rings. The minimum absolute atomic E-state index is 0.190. The number of tetrazole rings is 1. The maximum atomic E-state index is 12.5. The fourth-order valence-electron chi connectivity index (χ4n) is 2.70. The SMILES string of the molecule is CCN(CC)S(=O)(=O)c1ccc(NC(=O)c2cccc(-n3cnnn3)c2)cc1. The molecule has 0 atom stereocenters. The number of hydrogen-bond donors (Lipinski definition) is 1. The number of nitrogens with zero attached hydrogens (tertiary/aromatic N) is 5. The zero-order chi connectivity index (χ0) is 20.1. The first-order valence-corrected chi connectivity index (χ1v) is 10.1. The van der Waals surface area contributed by atoms with Crippen LogP contribution in [0, 0.1) is 0 Å². The van der Waals surface area contributed by atoms with Gasteiger partial charge in [0.2, 0.25) is 10.0 Å². The number of benzene rings is 2. The van der Waals surface area contributed by atoms with Crippen LogP contribution in [-0.4, -0.2) is 51.9 Å². The van der Waals surface area contributed by atoms with E-state index in [2.05, 4.69) is 20.8 Å². The van der Waals surface area contributed by atoms with E-state index in [0.717, 1.165) is 0 Å². The summed E-state index contributed by atoms with van der Waals surface area (Å²) in [6.07, 6.45) is 1.44. The van der Waals surface area contributed by atoms with Gasteiger partial charge in [0.25, 0.3) is 5.91 Å². The van der Waals surface area contributed by atoms with Gasteiger partial charge in [-0.05, 0) is 52.9 Å². The molecule has 0 radical (unpaired) electrons. The molecular formula is C18H20N6O3S. The fraction of sp³-hybridized carbons (Fsp3) is 0.222. The lowest BCUT2D eigenvalue weighted by molar-refractivity contribution is 0.102. The highest BCUT2D eigenvalue weighted by molar-refractivity contribution is 7.89. The van der Waals surface area contributed by atoms with Gasteiger partial charge in [-0.1, -0.05) is 19.9 Å². The number of amides is 1. The molecule has 1 heterocycles. The number of anilines is 1. The Balaban J connectivity index is 1.76. The Morgan fingerprint density at radius 1 is 1.11 bits per heavy atom. The number of nitrogens with one attached hydrogen (secondary N) is 1. The zero-order valence-corrected chi connectivity index (χ0v) is 16.3. The lowest BCUT2D eigenvalue weighted by Gasteiger charge is -2.18. The van der Waals surface area contributed by atoms with E-state index < -0.39 is 10.0 Å². The van der Waals surface area contributed by atoms with Crippen molar-refractivity contribution in [2.75, 3.05) is 18.4 Å². The van der Waals surface area contributed by atoms with Crippen LogP contribution < -0.4 is 5.32 Å². The monoisotopic (exact) mass is 400 g/mol. The maximum Gasteiger partial charge on any atom is 0.255 e. The molecule has 1 aromatic heterocycles. The van der Waals surface area contributed by atoms with Crippen LogP contribution in [0.3, 0.4) is 0 Å². The first kappa shape index (κ1) is 19.6. The molecule has 0 saturated heterocycles.